The van der Waals surface area contributed by atoms with E-state index in [1.807, 2.05) is 19.1 Å². The van der Waals surface area contributed by atoms with Crippen molar-refractivity contribution in [2.75, 3.05) is 20.3 Å². The molecule has 1 aromatic rings. The summed E-state index contributed by atoms with van der Waals surface area (Å²) in [6.45, 7) is 2.91. The molecule has 110 valence electrons. The predicted molar refractivity (Wildman–Crippen MR) is 76.3 cm³/mol. The number of nitrogens with zero attached hydrogens (tertiary/aromatic N) is 1. The molecule has 5 heteroatoms. The highest BCUT2D eigenvalue weighted by molar-refractivity contribution is 5.86. The number of nitrogens with two attached hydrogens (primary N) is 1. The molecule has 0 bridgehead atoms. The molecule has 1 saturated heterocycles. The van der Waals surface area contributed by atoms with Gasteiger partial charge < -0.3 is 20.5 Å². The van der Waals surface area contributed by atoms with Crippen LogP contribution in [0.15, 0.2) is 24.3 Å². The molecule has 1 fully saturated rings. The molecule has 1 aromatic carbocycles. The van der Waals surface area contributed by atoms with Crippen LogP contribution < -0.4 is 5.73 Å². The van der Waals surface area contributed by atoms with Crippen LogP contribution in [-0.2, 0) is 9.53 Å². The lowest BCUT2D eigenvalue weighted by Crippen LogP contribution is -2.57. The molecule has 0 aromatic heterocycles. The number of hydrogen-bond donors (Lipinski definition) is 2. The van der Waals surface area contributed by atoms with Crippen LogP contribution in [0, 0.1) is 0 Å². The Morgan fingerprint density at radius 3 is 2.60 bits per heavy atom. The fraction of sp³-hybridized carbons (Fsp3) is 0.533. The van der Waals surface area contributed by atoms with Gasteiger partial charge in [-0.05, 0) is 25.8 Å². The Kier molecular flexibility index (Phi) is 4.30. The van der Waals surface area contributed by atoms with Crippen LogP contribution >= 0.6 is 0 Å². The molecule has 1 heterocycles. The van der Waals surface area contributed by atoms with Crippen molar-refractivity contribution in [3.05, 3.63) is 29.8 Å². The number of rotatable bonds is 3. The molecule has 0 radical (unpaired) electrons. The van der Waals surface area contributed by atoms with E-state index in [0.29, 0.717) is 26.1 Å². The van der Waals surface area contributed by atoms with E-state index >= 15 is 0 Å². The van der Waals surface area contributed by atoms with Gasteiger partial charge in [-0.15, -0.1) is 0 Å². The Hall–Kier alpha value is -1.59. The van der Waals surface area contributed by atoms with Crippen LogP contribution in [0.25, 0.3) is 0 Å². The number of likely N-dealkylation sites (N-methyl/N-ethyl adjacent to an activating group) is 1. The van der Waals surface area contributed by atoms with Crippen LogP contribution in [0.1, 0.15) is 31.4 Å². The SMILES string of the molecule is CC(c1ccccc1O)N(C)C(=O)C1(N)CCOCC1. The number of ether oxygens (including phenoxy) is 1. The fourth-order valence-electron chi connectivity index (χ4n) is 2.53. The van der Waals surface area contributed by atoms with Crippen molar-refractivity contribution in [3.8, 4) is 5.75 Å². The number of para-hydroxylation sites is 1. The van der Waals surface area contributed by atoms with Crippen LogP contribution in [0.3, 0.4) is 0 Å². The molecular formula is C15H22N2O3. The van der Waals surface area contributed by atoms with Crippen LogP contribution in [0.5, 0.6) is 5.75 Å². The van der Waals surface area contributed by atoms with E-state index in [4.69, 9.17) is 10.5 Å². The standard InChI is InChI=1S/C15H22N2O3/c1-11(12-5-3-4-6-13(12)18)17(2)14(19)15(16)7-9-20-10-8-15/h3-6,11,18H,7-10,16H2,1-2H3. The largest absolute Gasteiger partial charge is 0.508 e. The smallest absolute Gasteiger partial charge is 0.243 e. The Bertz CT molecular complexity index is 484. The molecule has 0 aliphatic carbocycles. The van der Waals surface area contributed by atoms with E-state index in [2.05, 4.69) is 0 Å². The third-order valence-electron chi connectivity index (χ3n) is 4.10. The van der Waals surface area contributed by atoms with Crippen molar-refractivity contribution in [1.29, 1.82) is 0 Å². The predicted octanol–water partition coefficient (Wildman–Crippen LogP) is 1.42. The lowest BCUT2D eigenvalue weighted by Gasteiger charge is -2.37. The average Bonchev–Trinajstić information content (AvgIpc) is 2.46. The van der Waals surface area contributed by atoms with Gasteiger partial charge in [-0.2, -0.15) is 0 Å². The second-order valence-electron chi connectivity index (χ2n) is 5.42. The second-order valence-corrected chi connectivity index (χ2v) is 5.42. The second kappa shape index (κ2) is 5.81. The molecule has 1 aliphatic rings. The first-order valence-corrected chi connectivity index (χ1v) is 6.87. The van der Waals surface area contributed by atoms with Gasteiger partial charge in [0.2, 0.25) is 5.91 Å². The molecule has 20 heavy (non-hydrogen) atoms. The number of phenols is 1. The van der Waals surface area contributed by atoms with Gasteiger partial charge in [-0.3, -0.25) is 4.79 Å². The lowest BCUT2D eigenvalue weighted by atomic mass is 9.89. The first-order chi connectivity index (χ1) is 9.46. The molecule has 2 rings (SSSR count). The number of amides is 1. The van der Waals surface area contributed by atoms with E-state index < -0.39 is 5.54 Å². The molecule has 3 N–H and O–H groups in total. The third kappa shape index (κ3) is 2.78. The Morgan fingerprint density at radius 2 is 2.00 bits per heavy atom. The zero-order chi connectivity index (χ0) is 14.8. The number of carbonyl (C=O) groups excluding carboxylic acids is 1. The zero-order valence-corrected chi connectivity index (χ0v) is 12.0. The molecule has 1 atom stereocenters. The van der Waals surface area contributed by atoms with Crippen molar-refractivity contribution in [3.63, 3.8) is 0 Å². The Morgan fingerprint density at radius 1 is 1.40 bits per heavy atom. The summed E-state index contributed by atoms with van der Waals surface area (Å²) in [7, 11) is 1.73. The van der Waals surface area contributed by atoms with Gasteiger partial charge in [0, 0.05) is 25.8 Å². The molecule has 1 amide bonds. The van der Waals surface area contributed by atoms with Gasteiger partial charge in [0.05, 0.1) is 11.6 Å². The van der Waals surface area contributed by atoms with Crippen molar-refractivity contribution >= 4 is 5.91 Å². The molecule has 0 spiro atoms. The van der Waals surface area contributed by atoms with E-state index in [-0.39, 0.29) is 17.7 Å². The van der Waals surface area contributed by atoms with E-state index in [9.17, 15) is 9.90 Å². The first-order valence-electron chi connectivity index (χ1n) is 6.87. The van der Waals surface area contributed by atoms with Gasteiger partial charge in [0.1, 0.15) is 5.75 Å². The minimum atomic E-state index is -0.855. The quantitative estimate of drug-likeness (QED) is 0.876. The van der Waals surface area contributed by atoms with Gasteiger partial charge in [-0.25, -0.2) is 0 Å². The van der Waals surface area contributed by atoms with Crippen LogP contribution in [0.4, 0.5) is 0 Å². The fourth-order valence-corrected chi connectivity index (χ4v) is 2.53. The zero-order valence-electron chi connectivity index (χ0n) is 12.0. The van der Waals surface area contributed by atoms with Crippen LogP contribution in [-0.4, -0.2) is 41.7 Å². The van der Waals surface area contributed by atoms with Gasteiger partial charge in [-0.1, -0.05) is 18.2 Å². The number of carbonyl (C=O) groups is 1. The number of hydrogen-bond acceptors (Lipinski definition) is 4. The lowest BCUT2D eigenvalue weighted by molar-refractivity contribution is -0.141. The van der Waals surface area contributed by atoms with Gasteiger partial charge >= 0.3 is 0 Å². The van der Waals surface area contributed by atoms with E-state index in [1.54, 1.807) is 24.1 Å². The van der Waals surface area contributed by atoms with Crippen LogP contribution in [0.2, 0.25) is 0 Å². The molecule has 1 aliphatic heterocycles. The van der Waals surface area contributed by atoms with Gasteiger partial charge in [0.15, 0.2) is 0 Å². The molecule has 1 unspecified atom stereocenters. The molecular weight excluding hydrogens is 256 g/mol. The molecule has 0 saturated carbocycles. The van der Waals surface area contributed by atoms with E-state index in [0.717, 1.165) is 5.56 Å². The Labute approximate surface area is 119 Å². The highest BCUT2D eigenvalue weighted by Gasteiger charge is 2.39. The van der Waals surface area contributed by atoms with Crippen molar-refractivity contribution in [2.24, 2.45) is 5.73 Å². The summed E-state index contributed by atoms with van der Waals surface area (Å²) in [4.78, 5) is 14.2. The average molecular weight is 278 g/mol. The summed E-state index contributed by atoms with van der Waals surface area (Å²) >= 11 is 0. The van der Waals surface area contributed by atoms with Crippen molar-refractivity contribution < 1.29 is 14.6 Å². The number of aromatic hydroxyl groups is 1. The highest BCUT2D eigenvalue weighted by atomic mass is 16.5. The van der Waals surface area contributed by atoms with Crippen molar-refractivity contribution in [2.45, 2.75) is 31.3 Å². The summed E-state index contributed by atoms with van der Waals surface area (Å²) in [5.74, 6) is 0.0919. The first kappa shape index (κ1) is 14.8. The minimum Gasteiger partial charge on any atom is -0.508 e. The topological polar surface area (TPSA) is 75.8 Å². The summed E-state index contributed by atoms with van der Waals surface area (Å²) in [5.41, 5.74) is 6.09. The monoisotopic (exact) mass is 278 g/mol. The van der Waals surface area contributed by atoms with Gasteiger partial charge in [0.25, 0.3) is 0 Å². The maximum atomic E-state index is 12.6. The Balaban J connectivity index is 2.16. The minimum absolute atomic E-state index is 0.100. The summed E-state index contributed by atoms with van der Waals surface area (Å²) in [6, 6.07) is 6.81. The van der Waals surface area contributed by atoms with E-state index in [1.165, 1.54) is 0 Å². The maximum Gasteiger partial charge on any atom is 0.243 e. The third-order valence-corrected chi connectivity index (χ3v) is 4.10. The number of benzene rings is 1. The van der Waals surface area contributed by atoms with Crippen molar-refractivity contribution in [1.82, 2.24) is 4.90 Å². The molecule has 5 nitrogen and oxygen atoms in total. The summed E-state index contributed by atoms with van der Waals surface area (Å²) < 4.78 is 5.27. The highest BCUT2D eigenvalue weighted by Crippen LogP contribution is 2.30. The summed E-state index contributed by atoms with van der Waals surface area (Å²) in [5, 5.41) is 9.90. The maximum absolute atomic E-state index is 12.6. The summed E-state index contributed by atoms with van der Waals surface area (Å²) in [6.07, 6.45) is 1.06. The normalized spacial score (nSPS) is 19.4. The number of phenolic OH excluding ortho intramolecular Hbond substituents is 1.